The van der Waals surface area contributed by atoms with Gasteiger partial charge in [-0.3, -0.25) is 14.9 Å². The average molecular weight is 359 g/mol. The fraction of sp³-hybridized carbons (Fsp3) is 0.500. The molecule has 52 valence electrons. The predicted molar refractivity (Wildman–Crippen MR) is 49.9 cm³/mol. The van der Waals surface area contributed by atoms with Gasteiger partial charge in [0.1, 0.15) is 7.85 Å². The smallest absolute Gasteiger partial charge is 1.00 e. The summed E-state index contributed by atoms with van der Waals surface area (Å²) in [5, 5.41) is 2.22. The van der Waals surface area contributed by atoms with Crippen LogP contribution in [0.4, 0.5) is 0 Å². The summed E-state index contributed by atoms with van der Waals surface area (Å²) in [6, 6.07) is 0. The SMILES string of the molecule is O=C1NC(=O)C(I)C1I.[H-].[Li+]. The number of alkyl halides is 2. The maximum absolute atomic E-state index is 10.7. The van der Waals surface area contributed by atoms with Crippen molar-refractivity contribution in [3.8, 4) is 0 Å². The number of halogens is 2. The fourth-order valence-corrected chi connectivity index (χ4v) is 1.49. The van der Waals surface area contributed by atoms with Gasteiger partial charge in [-0.05, 0) is 0 Å². The normalized spacial score (nSPS) is 31.4. The topological polar surface area (TPSA) is 46.2 Å². The van der Waals surface area contributed by atoms with E-state index in [2.05, 4.69) is 5.32 Å². The number of hydrogen-bond donors (Lipinski definition) is 1. The monoisotopic (exact) mass is 359 g/mol. The molecule has 1 aliphatic rings. The molecule has 1 saturated heterocycles. The Morgan fingerprint density at radius 2 is 1.50 bits per heavy atom. The van der Waals surface area contributed by atoms with E-state index in [0.29, 0.717) is 0 Å². The molecular weight excluding hydrogens is 355 g/mol. The maximum Gasteiger partial charge on any atom is 1.00 e. The van der Waals surface area contributed by atoms with E-state index >= 15 is 0 Å². The molecule has 6 heteroatoms. The summed E-state index contributed by atoms with van der Waals surface area (Å²) in [7, 11) is 0. The van der Waals surface area contributed by atoms with Crippen molar-refractivity contribution in [2.24, 2.45) is 0 Å². The van der Waals surface area contributed by atoms with Crippen molar-refractivity contribution < 1.29 is 29.9 Å². The summed E-state index contributed by atoms with van der Waals surface area (Å²) in [6.07, 6.45) is 0. The molecule has 0 spiro atoms. The minimum atomic E-state index is -0.185. The van der Waals surface area contributed by atoms with Gasteiger partial charge in [0, 0.05) is 0 Å². The van der Waals surface area contributed by atoms with Crippen LogP contribution in [0.15, 0.2) is 0 Å². The van der Waals surface area contributed by atoms with Crippen molar-refractivity contribution in [3.63, 3.8) is 0 Å². The minimum absolute atomic E-state index is 0. The molecule has 1 N–H and O–H groups in total. The minimum Gasteiger partial charge on any atom is -1.00 e. The summed E-state index contributed by atoms with van der Waals surface area (Å²) in [4.78, 5) is 21.3. The molecule has 0 aromatic carbocycles. The third-order valence-electron chi connectivity index (χ3n) is 1.00. The molecule has 0 aromatic rings. The number of nitrogens with one attached hydrogen (secondary N) is 1. The van der Waals surface area contributed by atoms with E-state index in [0.717, 1.165) is 0 Å². The van der Waals surface area contributed by atoms with Crippen LogP contribution in [-0.4, -0.2) is 19.7 Å². The second kappa shape index (κ2) is 4.28. The van der Waals surface area contributed by atoms with Gasteiger partial charge in [-0.2, -0.15) is 0 Å². The molecular formula is C4H4I2LiNO2. The van der Waals surface area contributed by atoms with Gasteiger partial charge >= 0.3 is 18.9 Å². The Balaban J connectivity index is 0. The van der Waals surface area contributed by atoms with Gasteiger partial charge in [0.15, 0.2) is 0 Å². The summed E-state index contributed by atoms with van der Waals surface area (Å²) in [6.45, 7) is 0. The Morgan fingerprint density at radius 3 is 1.60 bits per heavy atom. The van der Waals surface area contributed by atoms with Crippen LogP contribution >= 0.6 is 45.2 Å². The third-order valence-corrected chi connectivity index (χ3v) is 4.95. The Bertz CT molecular complexity index is 161. The van der Waals surface area contributed by atoms with E-state index < -0.39 is 0 Å². The van der Waals surface area contributed by atoms with Crippen molar-refractivity contribution in [2.75, 3.05) is 0 Å². The van der Waals surface area contributed by atoms with Crippen LogP contribution in [0, 0.1) is 0 Å². The number of rotatable bonds is 0. The molecule has 0 radical (unpaired) electrons. The summed E-state index contributed by atoms with van der Waals surface area (Å²) < 4.78 is -0.369. The van der Waals surface area contributed by atoms with Gasteiger partial charge in [-0.1, -0.05) is 45.2 Å². The molecule has 0 aliphatic carbocycles. The zero-order valence-corrected chi connectivity index (χ0v) is 9.54. The molecule has 1 heterocycles. The molecule has 0 aromatic heterocycles. The van der Waals surface area contributed by atoms with Gasteiger partial charge in [0.25, 0.3) is 0 Å². The Morgan fingerprint density at radius 1 is 1.20 bits per heavy atom. The first-order valence-corrected chi connectivity index (χ1v) is 4.75. The predicted octanol–water partition coefficient (Wildman–Crippen LogP) is -2.63. The van der Waals surface area contributed by atoms with E-state index in [1.54, 1.807) is 0 Å². The largest absolute Gasteiger partial charge is 1.00 e. The molecule has 0 saturated carbocycles. The second-order valence-electron chi connectivity index (χ2n) is 1.66. The van der Waals surface area contributed by atoms with Crippen molar-refractivity contribution in [3.05, 3.63) is 0 Å². The summed E-state index contributed by atoms with van der Waals surface area (Å²) >= 11 is 3.92. The van der Waals surface area contributed by atoms with Crippen LogP contribution in [0.5, 0.6) is 0 Å². The molecule has 1 aliphatic heterocycles. The van der Waals surface area contributed by atoms with Crippen LogP contribution in [0.25, 0.3) is 0 Å². The number of amides is 2. The third kappa shape index (κ3) is 2.09. The van der Waals surface area contributed by atoms with E-state index in [1.165, 1.54) is 0 Å². The molecule has 2 atom stereocenters. The van der Waals surface area contributed by atoms with Crippen LogP contribution < -0.4 is 24.2 Å². The molecule has 3 nitrogen and oxygen atoms in total. The first kappa shape index (κ1) is 11.2. The quantitative estimate of drug-likeness (QED) is 0.223. The van der Waals surface area contributed by atoms with Crippen LogP contribution in [0.2, 0.25) is 0 Å². The first-order chi connectivity index (χ1) is 4.13. The van der Waals surface area contributed by atoms with Crippen molar-refractivity contribution in [1.82, 2.24) is 5.32 Å². The standard InChI is InChI=1S/C4H3I2NO2.Li.H/c5-1-2(6)4(9)7-3(1)8;;/h1-2H,(H,7,8,9);;/q;+1;-1. The number of carbonyl (C=O) groups excluding carboxylic acids is 2. The van der Waals surface area contributed by atoms with Gasteiger partial charge in [0.05, 0.1) is 0 Å². The molecule has 1 rings (SSSR count). The number of carbonyl (C=O) groups is 2. The molecule has 0 bridgehead atoms. The Kier molecular flexibility index (Phi) is 4.79. The van der Waals surface area contributed by atoms with Crippen LogP contribution in [0.1, 0.15) is 1.43 Å². The van der Waals surface area contributed by atoms with E-state index in [9.17, 15) is 9.59 Å². The second-order valence-corrected chi connectivity index (χ2v) is 4.34. The van der Waals surface area contributed by atoms with Gasteiger partial charge < -0.3 is 1.43 Å². The van der Waals surface area contributed by atoms with Crippen LogP contribution in [-0.2, 0) is 9.59 Å². The summed E-state index contributed by atoms with van der Waals surface area (Å²) in [5.41, 5.74) is 0. The van der Waals surface area contributed by atoms with Crippen molar-refractivity contribution in [2.45, 2.75) is 7.85 Å². The molecule has 2 amide bonds. The number of imide groups is 1. The Labute approximate surface area is 99.0 Å². The molecule has 1 fully saturated rings. The van der Waals surface area contributed by atoms with Crippen LogP contribution in [0.3, 0.4) is 0 Å². The van der Waals surface area contributed by atoms with E-state index in [4.69, 9.17) is 0 Å². The molecule has 2 unspecified atom stereocenters. The first-order valence-electron chi connectivity index (χ1n) is 2.26. The van der Waals surface area contributed by atoms with E-state index in [1.807, 2.05) is 45.2 Å². The zero-order chi connectivity index (χ0) is 7.02. The fourth-order valence-electron chi connectivity index (χ4n) is 0.525. The number of hydrogen-bond acceptors (Lipinski definition) is 2. The summed E-state index contributed by atoms with van der Waals surface area (Å²) in [5.74, 6) is -0.333. The van der Waals surface area contributed by atoms with Crippen molar-refractivity contribution >= 4 is 57.0 Å². The van der Waals surface area contributed by atoms with Crippen molar-refractivity contribution in [1.29, 1.82) is 0 Å². The maximum atomic E-state index is 10.7. The Hall–Kier alpha value is 1.20. The van der Waals surface area contributed by atoms with Gasteiger partial charge in [0.2, 0.25) is 11.8 Å². The average Bonchev–Trinajstić information content (AvgIpc) is 1.98. The zero-order valence-electron chi connectivity index (χ0n) is 6.23. The van der Waals surface area contributed by atoms with Gasteiger partial charge in [-0.25, -0.2) is 0 Å². The molecule has 10 heavy (non-hydrogen) atoms. The van der Waals surface area contributed by atoms with Gasteiger partial charge in [-0.15, -0.1) is 0 Å². The van der Waals surface area contributed by atoms with E-state index in [-0.39, 0.29) is 40.0 Å².